The molecule has 0 amide bonds. The van der Waals surface area contributed by atoms with Crippen molar-refractivity contribution >= 4 is 16.9 Å². The number of benzene rings is 1. The fraction of sp³-hybridized carbons (Fsp3) is 0.591. The van der Waals surface area contributed by atoms with Gasteiger partial charge in [0.2, 0.25) is 0 Å². The number of rotatable bonds is 3. The van der Waals surface area contributed by atoms with Crippen LogP contribution in [-0.4, -0.2) is 60.4 Å². The molecule has 4 heterocycles. The lowest BCUT2D eigenvalue weighted by molar-refractivity contribution is -0.166. The first-order chi connectivity index (χ1) is 13.5. The number of hydrogen-bond donors (Lipinski definition) is 2. The topological polar surface area (TPSA) is 74.8 Å². The molecular weight excluding hydrogens is 356 g/mol. The molecule has 6 heteroatoms. The van der Waals surface area contributed by atoms with Gasteiger partial charge in [0.05, 0.1) is 20.3 Å². The lowest BCUT2D eigenvalue weighted by Crippen LogP contribution is -2.68. The number of aromatic nitrogens is 1. The molecule has 2 N–H and O–H groups in total. The zero-order valence-corrected chi connectivity index (χ0v) is 16.7. The summed E-state index contributed by atoms with van der Waals surface area (Å²) in [5, 5.41) is 11.7. The average Bonchev–Trinajstić information content (AvgIpc) is 3.04. The third-order valence-electron chi connectivity index (χ3n) is 7.39. The molecule has 1 aromatic carbocycles. The molecule has 2 unspecified atom stereocenters. The van der Waals surface area contributed by atoms with Crippen LogP contribution in [0.25, 0.3) is 10.9 Å². The maximum Gasteiger partial charge on any atom is 0.319 e. The summed E-state index contributed by atoms with van der Waals surface area (Å²) in [6.07, 6.45) is 2.17. The number of aliphatic hydroxyl groups excluding tert-OH is 1. The van der Waals surface area contributed by atoms with Crippen LogP contribution in [0.3, 0.4) is 0 Å². The summed E-state index contributed by atoms with van der Waals surface area (Å²) >= 11 is 0. The number of fused-ring (bicyclic) bond motifs is 4. The standard InChI is InChI=1S/C22H28N2O4/c1-12(25)16-8-13-10-22(21(26)28-3)19-15(6-7-24(11-13)20(16)22)17-9-14(27-2)4-5-18(17)23-19/h4-5,9,12-13,16,20,23,25H,6-8,10-11H2,1-3H3/t12-,13?,16+,20-,22+/m0/s1. The number of ether oxygens (including phenoxy) is 2. The molecule has 2 saturated heterocycles. The maximum absolute atomic E-state index is 13.4. The highest BCUT2D eigenvalue weighted by Gasteiger charge is 2.63. The molecule has 6 atom stereocenters. The molecule has 1 saturated carbocycles. The number of carbonyl (C=O) groups is 1. The number of methoxy groups -OCH3 is 2. The minimum absolute atomic E-state index is 0.0406. The minimum Gasteiger partial charge on any atom is -0.497 e. The number of aromatic amines is 1. The van der Waals surface area contributed by atoms with Crippen LogP contribution in [0, 0.1) is 11.8 Å². The molecule has 28 heavy (non-hydrogen) atoms. The van der Waals surface area contributed by atoms with Gasteiger partial charge in [-0.3, -0.25) is 9.69 Å². The molecular formula is C22H28N2O4. The molecule has 1 aromatic heterocycles. The third kappa shape index (κ3) is 2.25. The largest absolute Gasteiger partial charge is 0.497 e. The van der Waals surface area contributed by atoms with Crippen LogP contribution in [-0.2, 0) is 21.4 Å². The van der Waals surface area contributed by atoms with Gasteiger partial charge in [-0.05, 0) is 55.9 Å². The Morgan fingerprint density at radius 2 is 2.21 bits per heavy atom. The fourth-order valence-corrected chi connectivity index (χ4v) is 6.38. The number of hydrogen-bond acceptors (Lipinski definition) is 5. The lowest BCUT2D eigenvalue weighted by Gasteiger charge is -2.58. The number of carbonyl (C=O) groups excluding carboxylic acids is 1. The van der Waals surface area contributed by atoms with Gasteiger partial charge in [-0.25, -0.2) is 0 Å². The van der Waals surface area contributed by atoms with E-state index in [0.717, 1.165) is 54.7 Å². The van der Waals surface area contributed by atoms with E-state index in [1.165, 1.54) is 12.7 Å². The van der Waals surface area contributed by atoms with E-state index < -0.39 is 11.5 Å². The van der Waals surface area contributed by atoms with Crippen LogP contribution < -0.4 is 4.74 Å². The number of nitrogens with one attached hydrogen (secondary N) is 1. The molecule has 0 spiro atoms. The van der Waals surface area contributed by atoms with Crippen LogP contribution in [0.2, 0.25) is 0 Å². The zero-order chi connectivity index (χ0) is 19.6. The van der Waals surface area contributed by atoms with Crippen molar-refractivity contribution in [2.75, 3.05) is 27.3 Å². The van der Waals surface area contributed by atoms with Crippen LogP contribution in [0.5, 0.6) is 5.75 Å². The van der Waals surface area contributed by atoms with Gasteiger partial charge < -0.3 is 19.6 Å². The van der Waals surface area contributed by atoms with E-state index in [4.69, 9.17) is 9.47 Å². The Kier molecular flexibility index (Phi) is 4.00. The average molecular weight is 384 g/mol. The molecule has 4 bridgehead atoms. The van der Waals surface area contributed by atoms with Crippen molar-refractivity contribution in [2.24, 2.45) is 11.8 Å². The highest BCUT2D eigenvalue weighted by molar-refractivity contribution is 5.92. The van der Waals surface area contributed by atoms with Gasteiger partial charge in [-0.2, -0.15) is 0 Å². The number of esters is 1. The van der Waals surface area contributed by atoms with Gasteiger partial charge in [0.1, 0.15) is 11.2 Å². The van der Waals surface area contributed by atoms with Gasteiger partial charge in [-0.1, -0.05) is 0 Å². The SMILES string of the molecule is COC(=O)[C@@]12CC3C[C@H]([C@H](C)O)[C@@H]1N(CCc1c2[nH]c2ccc(OC)cc12)C3. The lowest BCUT2D eigenvalue weighted by atomic mass is 9.56. The van der Waals surface area contributed by atoms with Crippen molar-refractivity contribution in [1.29, 1.82) is 0 Å². The number of nitrogens with zero attached hydrogens (tertiary/aromatic N) is 1. The highest BCUT2D eigenvalue weighted by Crippen LogP contribution is 2.55. The Labute approximate surface area is 164 Å². The van der Waals surface area contributed by atoms with Gasteiger partial charge in [-0.15, -0.1) is 0 Å². The van der Waals surface area contributed by atoms with Gasteiger partial charge in [0.15, 0.2) is 0 Å². The first-order valence-electron chi connectivity index (χ1n) is 10.2. The smallest absolute Gasteiger partial charge is 0.319 e. The fourth-order valence-electron chi connectivity index (χ4n) is 6.38. The normalized spacial score (nSPS) is 34.6. The summed E-state index contributed by atoms with van der Waals surface area (Å²) in [5.41, 5.74) is 2.46. The summed E-state index contributed by atoms with van der Waals surface area (Å²) < 4.78 is 10.9. The third-order valence-corrected chi connectivity index (χ3v) is 7.39. The van der Waals surface area contributed by atoms with E-state index in [1.807, 2.05) is 19.1 Å². The Morgan fingerprint density at radius 3 is 2.93 bits per heavy atom. The molecule has 4 aliphatic rings. The predicted molar refractivity (Wildman–Crippen MR) is 106 cm³/mol. The Morgan fingerprint density at radius 1 is 1.39 bits per heavy atom. The van der Waals surface area contributed by atoms with Crippen molar-refractivity contribution < 1.29 is 19.4 Å². The first-order valence-corrected chi connectivity index (χ1v) is 10.2. The zero-order valence-electron chi connectivity index (χ0n) is 16.7. The molecule has 3 fully saturated rings. The van der Waals surface area contributed by atoms with Crippen molar-refractivity contribution in [1.82, 2.24) is 9.88 Å². The number of piperidine rings is 2. The molecule has 6 nitrogen and oxygen atoms in total. The quantitative estimate of drug-likeness (QED) is 0.794. The van der Waals surface area contributed by atoms with Gasteiger partial charge >= 0.3 is 5.97 Å². The van der Waals surface area contributed by atoms with Crippen molar-refractivity contribution in [3.63, 3.8) is 0 Å². The number of H-pyrrole nitrogens is 1. The molecule has 2 aromatic rings. The highest BCUT2D eigenvalue weighted by atomic mass is 16.5. The van der Waals surface area contributed by atoms with E-state index in [9.17, 15) is 9.90 Å². The number of aliphatic hydroxyl groups is 1. The molecule has 150 valence electrons. The van der Waals surface area contributed by atoms with Crippen molar-refractivity contribution in [2.45, 2.75) is 43.7 Å². The molecule has 0 radical (unpaired) electrons. The van der Waals surface area contributed by atoms with Crippen LogP contribution in [0.15, 0.2) is 18.2 Å². The summed E-state index contributed by atoms with van der Waals surface area (Å²) in [6.45, 7) is 3.75. The van der Waals surface area contributed by atoms with Gasteiger partial charge in [0.25, 0.3) is 0 Å². The van der Waals surface area contributed by atoms with E-state index in [1.54, 1.807) is 7.11 Å². The summed E-state index contributed by atoms with van der Waals surface area (Å²) in [5.74, 6) is 1.09. The van der Waals surface area contributed by atoms with Gasteiger partial charge in [0, 0.05) is 41.6 Å². The van der Waals surface area contributed by atoms with E-state index in [-0.39, 0.29) is 17.9 Å². The Balaban J connectivity index is 1.78. The molecule has 3 aliphatic heterocycles. The van der Waals surface area contributed by atoms with Crippen LogP contribution >= 0.6 is 0 Å². The summed E-state index contributed by atoms with van der Waals surface area (Å²) in [7, 11) is 3.16. The Bertz CT molecular complexity index is 936. The first kappa shape index (κ1) is 18.0. The second kappa shape index (κ2) is 6.22. The Hall–Kier alpha value is -2.05. The van der Waals surface area contributed by atoms with Crippen LogP contribution in [0.4, 0.5) is 0 Å². The van der Waals surface area contributed by atoms with E-state index in [2.05, 4.69) is 16.0 Å². The summed E-state index contributed by atoms with van der Waals surface area (Å²) in [6, 6.07) is 5.99. The van der Waals surface area contributed by atoms with E-state index >= 15 is 0 Å². The van der Waals surface area contributed by atoms with Crippen molar-refractivity contribution in [3.8, 4) is 5.75 Å². The summed E-state index contributed by atoms with van der Waals surface area (Å²) in [4.78, 5) is 19.4. The monoisotopic (exact) mass is 384 g/mol. The maximum atomic E-state index is 13.4. The van der Waals surface area contributed by atoms with Crippen molar-refractivity contribution in [3.05, 3.63) is 29.5 Å². The predicted octanol–water partition coefficient (Wildman–Crippen LogP) is 2.23. The van der Waals surface area contributed by atoms with E-state index in [0.29, 0.717) is 5.92 Å². The molecule has 1 aliphatic carbocycles. The molecule has 6 rings (SSSR count). The second-order valence-corrected chi connectivity index (χ2v) is 8.75. The van der Waals surface area contributed by atoms with Crippen LogP contribution in [0.1, 0.15) is 31.0 Å². The second-order valence-electron chi connectivity index (χ2n) is 8.75. The minimum atomic E-state index is -0.754.